The molecule has 0 aliphatic carbocycles. The summed E-state index contributed by atoms with van der Waals surface area (Å²) >= 11 is 16.7. The van der Waals surface area contributed by atoms with E-state index in [0.717, 1.165) is 0 Å². The Morgan fingerprint density at radius 2 is 1.90 bits per heavy atom. The molecule has 1 rings (SSSR count). The van der Waals surface area contributed by atoms with Crippen LogP contribution >= 0.6 is 34.8 Å². The van der Waals surface area contributed by atoms with E-state index in [0.29, 0.717) is 5.69 Å². The molecule has 0 aliphatic heterocycles. The highest BCUT2D eigenvalue weighted by Crippen LogP contribution is 2.34. The largest absolute Gasteiger partial charge is 0.274 e. The van der Waals surface area contributed by atoms with Gasteiger partial charge in [-0.25, -0.2) is 4.98 Å². The predicted octanol–water partition coefficient (Wildman–Crippen LogP) is 2.33. The Balaban J connectivity index is 2.97. The standard InChI is InChI=1S/C6H4Cl3N/c7-6(8,9)5-3-1-2-4-10-5/h1-4H/p+1. The molecule has 0 spiro atoms. The van der Waals surface area contributed by atoms with Gasteiger partial charge in [0.05, 0.1) is 0 Å². The molecule has 0 radical (unpaired) electrons. The SMILES string of the molecule is ClC(Cl)(Cl)c1cccc[nH+]1. The molecule has 0 saturated carbocycles. The Morgan fingerprint density at radius 1 is 1.20 bits per heavy atom. The number of pyridine rings is 1. The van der Waals surface area contributed by atoms with Crippen molar-refractivity contribution in [1.82, 2.24) is 0 Å². The number of halogens is 3. The maximum Gasteiger partial charge on any atom is 0.274 e. The lowest BCUT2D eigenvalue weighted by Gasteiger charge is -2.02. The third kappa shape index (κ3) is 2.01. The maximum absolute atomic E-state index is 5.56. The fraction of sp³-hybridized carbons (Fsp3) is 0.167. The molecular formula is C6H5Cl3N+. The summed E-state index contributed by atoms with van der Waals surface area (Å²) < 4.78 is -1.35. The first-order valence-corrected chi connectivity index (χ1v) is 3.78. The van der Waals surface area contributed by atoms with Crippen LogP contribution in [-0.4, -0.2) is 0 Å². The number of aromatic nitrogens is 1. The van der Waals surface area contributed by atoms with E-state index in [9.17, 15) is 0 Å². The van der Waals surface area contributed by atoms with Crippen LogP contribution in [-0.2, 0) is 3.79 Å². The number of nitrogens with one attached hydrogen (secondary N) is 1. The summed E-state index contributed by atoms with van der Waals surface area (Å²) in [4.78, 5) is 2.81. The van der Waals surface area contributed by atoms with Crippen LogP contribution in [0.2, 0.25) is 0 Å². The van der Waals surface area contributed by atoms with E-state index < -0.39 is 3.79 Å². The zero-order valence-electron chi connectivity index (χ0n) is 4.94. The lowest BCUT2D eigenvalue weighted by atomic mass is 10.4. The van der Waals surface area contributed by atoms with Gasteiger partial charge in [0.2, 0.25) is 5.69 Å². The molecule has 0 aromatic carbocycles. The molecule has 1 nitrogen and oxygen atoms in total. The fourth-order valence-corrected chi connectivity index (χ4v) is 0.922. The van der Waals surface area contributed by atoms with Crippen LogP contribution in [0.1, 0.15) is 5.69 Å². The highest BCUT2D eigenvalue weighted by atomic mass is 35.6. The van der Waals surface area contributed by atoms with Crippen molar-refractivity contribution < 1.29 is 4.98 Å². The van der Waals surface area contributed by atoms with Crippen LogP contribution in [0.15, 0.2) is 24.4 Å². The lowest BCUT2D eigenvalue weighted by molar-refractivity contribution is -0.390. The average molecular weight is 197 g/mol. The van der Waals surface area contributed by atoms with E-state index in [4.69, 9.17) is 34.8 Å². The predicted molar refractivity (Wildman–Crippen MR) is 42.2 cm³/mol. The Morgan fingerprint density at radius 3 is 2.20 bits per heavy atom. The van der Waals surface area contributed by atoms with Crippen molar-refractivity contribution in [2.45, 2.75) is 3.79 Å². The van der Waals surface area contributed by atoms with Gasteiger partial charge in [-0.2, -0.15) is 0 Å². The van der Waals surface area contributed by atoms with Crippen LogP contribution in [0.5, 0.6) is 0 Å². The van der Waals surface area contributed by atoms with Gasteiger partial charge in [-0.05, 0) is 6.07 Å². The first-order chi connectivity index (χ1) is 4.61. The summed E-state index contributed by atoms with van der Waals surface area (Å²) in [6.07, 6.45) is 1.71. The second kappa shape index (κ2) is 2.95. The maximum atomic E-state index is 5.56. The minimum atomic E-state index is -1.35. The number of aromatic amines is 1. The topological polar surface area (TPSA) is 14.1 Å². The van der Waals surface area contributed by atoms with E-state index in [1.807, 2.05) is 6.07 Å². The molecule has 0 fully saturated rings. The molecule has 0 aliphatic rings. The van der Waals surface area contributed by atoms with Gasteiger partial charge in [-0.1, -0.05) is 34.8 Å². The average Bonchev–Trinajstić information content (AvgIpc) is 1.88. The van der Waals surface area contributed by atoms with Crippen molar-refractivity contribution in [2.75, 3.05) is 0 Å². The molecule has 0 bridgehead atoms. The van der Waals surface area contributed by atoms with Crippen molar-refractivity contribution in [3.63, 3.8) is 0 Å². The second-order valence-corrected chi connectivity index (χ2v) is 4.06. The monoisotopic (exact) mass is 196 g/mol. The summed E-state index contributed by atoms with van der Waals surface area (Å²) in [5, 5.41) is 0. The third-order valence-corrected chi connectivity index (χ3v) is 1.63. The van der Waals surface area contributed by atoms with E-state index in [-0.39, 0.29) is 0 Å². The number of rotatable bonds is 0. The normalized spacial score (nSPS) is 11.5. The molecule has 1 heterocycles. The van der Waals surface area contributed by atoms with E-state index in [1.165, 1.54) is 0 Å². The van der Waals surface area contributed by atoms with Gasteiger partial charge in [0.25, 0.3) is 3.79 Å². The summed E-state index contributed by atoms with van der Waals surface area (Å²) in [6.45, 7) is 0. The Labute approximate surface area is 73.9 Å². The molecule has 1 aromatic heterocycles. The molecule has 0 amide bonds. The van der Waals surface area contributed by atoms with Crippen LogP contribution in [0.4, 0.5) is 0 Å². The van der Waals surface area contributed by atoms with Gasteiger partial charge in [0, 0.05) is 12.1 Å². The fourth-order valence-electron chi connectivity index (χ4n) is 0.570. The number of hydrogen-bond acceptors (Lipinski definition) is 0. The highest BCUT2D eigenvalue weighted by molar-refractivity contribution is 6.66. The van der Waals surface area contributed by atoms with Crippen molar-refractivity contribution in [3.8, 4) is 0 Å². The van der Waals surface area contributed by atoms with E-state index in [1.54, 1.807) is 18.3 Å². The minimum Gasteiger partial charge on any atom is -0.211 e. The minimum absolute atomic E-state index is 0.569. The van der Waals surface area contributed by atoms with Crippen molar-refractivity contribution in [2.24, 2.45) is 0 Å². The Bertz CT molecular complexity index is 204. The summed E-state index contributed by atoms with van der Waals surface area (Å²) in [7, 11) is 0. The summed E-state index contributed by atoms with van der Waals surface area (Å²) in [5.74, 6) is 0. The molecule has 4 heteroatoms. The smallest absolute Gasteiger partial charge is 0.211 e. The van der Waals surface area contributed by atoms with Crippen LogP contribution < -0.4 is 4.98 Å². The third-order valence-electron chi connectivity index (χ3n) is 1.01. The molecule has 10 heavy (non-hydrogen) atoms. The summed E-state index contributed by atoms with van der Waals surface area (Å²) in [6, 6.07) is 5.33. The lowest BCUT2D eigenvalue weighted by Crippen LogP contribution is -2.16. The molecule has 1 aromatic rings. The van der Waals surface area contributed by atoms with Gasteiger partial charge in [0.15, 0.2) is 6.20 Å². The molecule has 0 unspecified atom stereocenters. The number of alkyl halides is 3. The van der Waals surface area contributed by atoms with Gasteiger partial charge in [-0.15, -0.1) is 0 Å². The van der Waals surface area contributed by atoms with Gasteiger partial charge < -0.3 is 0 Å². The highest BCUT2D eigenvalue weighted by Gasteiger charge is 2.28. The van der Waals surface area contributed by atoms with Crippen LogP contribution in [0.25, 0.3) is 0 Å². The molecule has 54 valence electrons. The Kier molecular flexibility index (Phi) is 2.40. The van der Waals surface area contributed by atoms with Gasteiger partial charge in [0.1, 0.15) is 0 Å². The van der Waals surface area contributed by atoms with Crippen molar-refractivity contribution in [1.29, 1.82) is 0 Å². The van der Waals surface area contributed by atoms with Crippen LogP contribution in [0, 0.1) is 0 Å². The molecule has 0 saturated heterocycles. The zero-order chi connectivity index (χ0) is 7.61. The van der Waals surface area contributed by atoms with Crippen molar-refractivity contribution >= 4 is 34.8 Å². The molecular weight excluding hydrogens is 192 g/mol. The zero-order valence-corrected chi connectivity index (χ0v) is 7.21. The van der Waals surface area contributed by atoms with Gasteiger partial charge >= 0.3 is 0 Å². The molecule has 1 N–H and O–H groups in total. The van der Waals surface area contributed by atoms with Gasteiger partial charge in [-0.3, -0.25) is 0 Å². The van der Waals surface area contributed by atoms with Crippen molar-refractivity contribution in [3.05, 3.63) is 30.1 Å². The van der Waals surface area contributed by atoms with Crippen LogP contribution in [0.3, 0.4) is 0 Å². The molecule has 0 atom stereocenters. The Hall–Kier alpha value is 0.0200. The second-order valence-electron chi connectivity index (χ2n) is 1.77. The first-order valence-electron chi connectivity index (χ1n) is 2.64. The number of hydrogen-bond donors (Lipinski definition) is 0. The van der Waals surface area contributed by atoms with E-state index in [2.05, 4.69) is 4.98 Å². The number of H-pyrrole nitrogens is 1. The summed E-state index contributed by atoms with van der Waals surface area (Å²) in [5.41, 5.74) is 0.569. The first kappa shape index (κ1) is 8.12. The quantitative estimate of drug-likeness (QED) is 0.567. The van der Waals surface area contributed by atoms with E-state index >= 15 is 0 Å².